The fourth-order valence-electron chi connectivity index (χ4n) is 2.14. The second kappa shape index (κ2) is 5.00. The van der Waals surface area contributed by atoms with Crippen LogP contribution in [0.25, 0.3) is 0 Å². The second-order valence-corrected chi connectivity index (χ2v) is 4.45. The lowest BCUT2D eigenvalue weighted by Gasteiger charge is -2.13. The number of rotatable bonds is 3. The molecule has 2 heteroatoms. The first-order chi connectivity index (χ1) is 8.16. The molecule has 1 heterocycles. The highest BCUT2D eigenvalue weighted by atomic mass is 14.9. The molecule has 0 aliphatic carbocycles. The van der Waals surface area contributed by atoms with Crippen LogP contribution in [0.4, 0.5) is 5.69 Å². The van der Waals surface area contributed by atoms with Crippen LogP contribution in [-0.4, -0.2) is 4.98 Å². The number of benzene rings is 1. The Morgan fingerprint density at radius 3 is 2.35 bits per heavy atom. The molecule has 0 atom stereocenters. The predicted octanol–water partition coefficient (Wildman–Crippen LogP) is 3.62. The van der Waals surface area contributed by atoms with E-state index in [0.29, 0.717) is 0 Å². The molecule has 1 N–H and O–H groups in total. The maximum absolute atomic E-state index is 4.31. The number of aromatic nitrogens is 1. The van der Waals surface area contributed by atoms with Gasteiger partial charge >= 0.3 is 0 Å². The molecule has 17 heavy (non-hydrogen) atoms. The molecule has 0 aliphatic heterocycles. The van der Waals surface area contributed by atoms with Crippen molar-refractivity contribution in [3.63, 3.8) is 0 Å². The van der Waals surface area contributed by atoms with Gasteiger partial charge in [-0.25, -0.2) is 0 Å². The molecule has 0 aliphatic rings. The van der Waals surface area contributed by atoms with Crippen LogP contribution in [0, 0.1) is 20.8 Å². The van der Waals surface area contributed by atoms with Crippen LogP contribution >= 0.6 is 0 Å². The predicted molar refractivity (Wildman–Crippen MR) is 72.2 cm³/mol. The first-order valence-corrected chi connectivity index (χ1v) is 5.88. The molecule has 0 bridgehead atoms. The van der Waals surface area contributed by atoms with Gasteiger partial charge in [-0.2, -0.15) is 0 Å². The van der Waals surface area contributed by atoms with Crippen LogP contribution in [-0.2, 0) is 6.54 Å². The number of nitrogens with one attached hydrogen (secondary N) is 1. The lowest BCUT2D eigenvalue weighted by atomic mass is 10.1. The third kappa shape index (κ3) is 2.84. The van der Waals surface area contributed by atoms with Gasteiger partial charge in [0.15, 0.2) is 0 Å². The fraction of sp³-hybridized carbons (Fsp3) is 0.267. The van der Waals surface area contributed by atoms with Crippen LogP contribution in [0.15, 0.2) is 36.5 Å². The maximum Gasteiger partial charge on any atom is 0.0594 e. The molecule has 2 nitrogen and oxygen atoms in total. The Bertz CT molecular complexity index is 481. The topological polar surface area (TPSA) is 24.9 Å². The number of anilines is 1. The molecule has 1 aromatic heterocycles. The molecule has 0 fully saturated rings. The normalized spacial score (nSPS) is 10.3. The van der Waals surface area contributed by atoms with E-state index in [4.69, 9.17) is 0 Å². The van der Waals surface area contributed by atoms with Crippen molar-refractivity contribution in [2.45, 2.75) is 27.3 Å². The molecule has 2 rings (SSSR count). The summed E-state index contributed by atoms with van der Waals surface area (Å²) in [6.45, 7) is 7.18. The molecule has 0 saturated heterocycles. The minimum Gasteiger partial charge on any atom is -0.379 e. The van der Waals surface area contributed by atoms with Crippen LogP contribution in [0.2, 0.25) is 0 Å². The average molecular weight is 226 g/mol. The molecule has 0 radical (unpaired) electrons. The van der Waals surface area contributed by atoms with E-state index in [1.54, 1.807) is 0 Å². The molecule has 0 unspecified atom stereocenters. The Hall–Kier alpha value is -1.83. The number of hydrogen-bond acceptors (Lipinski definition) is 2. The Balaban J connectivity index is 2.15. The minimum absolute atomic E-state index is 0.769. The van der Waals surface area contributed by atoms with Gasteiger partial charge in [0.05, 0.1) is 12.2 Å². The van der Waals surface area contributed by atoms with Gasteiger partial charge in [-0.15, -0.1) is 0 Å². The van der Waals surface area contributed by atoms with Gasteiger partial charge in [-0.05, 0) is 44.0 Å². The van der Waals surface area contributed by atoms with Crippen LogP contribution in [0.3, 0.4) is 0 Å². The van der Waals surface area contributed by atoms with Crippen molar-refractivity contribution in [1.82, 2.24) is 4.98 Å². The summed E-state index contributed by atoms with van der Waals surface area (Å²) in [6.07, 6.45) is 1.83. The van der Waals surface area contributed by atoms with E-state index in [0.717, 1.165) is 12.2 Å². The third-order valence-corrected chi connectivity index (χ3v) is 2.85. The summed E-state index contributed by atoms with van der Waals surface area (Å²) in [7, 11) is 0. The van der Waals surface area contributed by atoms with Gasteiger partial charge in [-0.3, -0.25) is 4.98 Å². The van der Waals surface area contributed by atoms with E-state index in [9.17, 15) is 0 Å². The Labute approximate surface area is 103 Å². The summed E-state index contributed by atoms with van der Waals surface area (Å²) >= 11 is 0. The summed E-state index contributed by atoms with van der Waals surface area (Å²) in [5, 5.41) is 3.46. The largest absolute Gasteiger partial charge is 0.379 e. The first kappa shape index (κ1) is 11.6. The van der Waals surface area contributed by atoms with Crippen LogP contribution < -0.4 is 5.32 Å². The van der Waals surface area contributed by atoms with E-state index in [1.807, 2.05) is 24.4 Å². The van der Waals surface area contributed by atoms with Gasteiger partial charge in [0, 0.05) is 11.9 Å². The van der Waals surface area contributed by atoms with Crippen molar-refractivity contribution >= 4 is 5.69 Å². The van der Waals surface area contributed by atoms with E-state index in [1.165, 1.54) is 22.4 Å². The number of aryl methyl sites for hydroxylation is 3. The standard InChI is InChI=1S/C15H18N2/c1-11-8-12(2)15(13(3)9-11)17-10-14-6-4-5-7-16-14/h4-9,17H,10H2,1-3H3. The highest BCUT2D eigenvalue weighted by Crippen LogP contribution is 2.22. The Morgan fingerprint density at radius 1 is 1.06 bits per heavy atom. The monoisotopic (exact) mass is 226 g/mol. The maximum atomic E-state index is 4.31. The molecular formula is C15H18N2. The van der Waals surface area contributed by atoms with Crippen molar-refractivity contribution in [2.24, 2.45) is 0 Å². The molecule has 0 spiro atoms. The van der Waals surface area contributed by atoms with Crippen LogP contribution in [0.5, 0.6) is 0 Å². The lowest BCUT2D eigenvalue weighted by molar-refractivity contribution is 1.04. The zero-order chi connectivity index (χ0) is 12.3. The minimum atomic E-state index is 0.769. The molecule has 2 aromatic rings. The molecule has 0 amide bonds. The zero-order valence-corrected chi connectivity index (χ0v) is 10.6. The molecule has 1 aromatic carbocycles. The number of hydrogen-bond donors (Lipinski definition) is 1. The first-order valence-electron chi connectivity index (χ1n) is 5.88. The summed E-state index contributed by atoms with van der Waals surface area (Å²) in [6, 6.07) is 10.4. The van der Waals surface area contributed by atoms with E-state index in [2.05, 4.69) is 43.2 Å². The van der Waals surface area contributed by atoms with Crippen molar-refractivity contribution in [3.05, 3.63) is 58.9 Å². The summed E-state index contributed by atoms with van der Waals surface area (Å²) in [4.78, 5) is 4.31. The smallest absolute Gasteiger partial charge is 0.0594 e. The van der Waals surface area contributed by atoms with Gasteiger partial charge in [-0.1, -0.05) is 23.8 Å². The second-order valence-electron chi connectivity index (χ2n) is 4.45. The van der Waals surface area contributed by atoms with Crippen molar-refractivity contribution in [1.29, 1.82) is 0 Å². The van der Waals surface area contributed by atoms with Crippen molar-refractivity contribution < 1.29 is 0 Å². The molecule has 0 saturated carbocycles. The summed E-state index contributed by atoms with van der Waals surface area (Å²) in [5.74, 6) is 0. The van der Waals surface area contributed by atoms with Crippen molar-refractivity contribution in [3.8, 4) is 0 Å². The SMILES string of the molecule is Cc1cc(C)c(NCc2ccccn2)c(C)c1. The Kier molecular flexibility index (Phi) is 3.43. The highest BCUT2D eigenvalue weighted by Gasteiger charge is 2.03. The van der Waals surface area contributed by atoms with Gasteiger partial charge < -0.3 is 5.32 Å². The van der Waals surface area contributed by atoms with E-state index >= 15 is 0 Å². The van der Waals surface area contributed by atoms with E-state index < -0.39 is 0 Å². The highest BCUT2D eigenvalue weighted by molar-refractivity contribution is 5.58. The average Bonchev–Trinajstić information content (AvgIpc) is 2.29. The summed E-state index contributed by atoms with van der Waals surface area (Å²) < 4.78 is 0. The number of pyridine rings is 1. The Morgan fingerprint density at radius 2 is 1.76 bits per heavy atom. The summed E-state index contributed by atoms with van der Waals surface area (Å²) in [5.41, 5.74) is 6.17. The van der Waals surface area contributed by atoms with E-state index in [-0.39, 0.29) is 0 Å². The van der Waals surface area contributed by atoms with Gasteiger partial charge in [0.1, 0.15) is 0 Å². The van der Waals surface area contributed by atoms with Crippen molar-refractivity contribution in [2.75, 3.05) is 5.32 Å². The van der Waals surface area contributed by atoms with Crippen LogP contribution in [0.1, 0.15) is 22.4 Å². The van der Waals surface area contributed by atoms with Gasteiger partial charge in [0.25, 0.3) is 0 Å². The lowest BCUT2D eigenvalue weighted by Crippen LogP contribution is -2.04. The quantitative estimate of drug-likeness (QED) is 0.864. The third-order valence-electron chi connectivity index (χ3n) is 2.85. The molecule has 88 valence electrons. The molecular weight excluding hydrogens is 208 g/mol. The van der Waals surface area contributed by atoms with Gasteiger partial charge in [0.2, 0.25) is 0 Å². The fourth-order valence-corrected chi connectivity index (χ4v) is 2.14. The number of nitrogens with zero attached hydrogens (tertiary/aromatic N) is 1. The zero-order valence-electron chi connectivity index (χ0n) is 10.6.